The molecule has 0 fully saturated rings. The molecule has 1 aromatic rings. The Balaban J connectivity index is 3.19. The summed E-state index contributed by atoms with van der Waals surface area (Å²) in [5, 5.41) is 0. The van der Waals surface area contributed by atoms with E-state index >= 15 is 0 Å². The van der Waals surface area contributed by atoms with Gasteiger partial charge in [-0.15, -0.1) is 4.36 Å². The van der Waals surface area contributed by atoms with E-state index in [-0.39, 0.29) is 0 Å². The third kappa shape index (κ3) is 5.13. The van der Waals surface area contributed by atoms with Crippen molar-refractivity contribution >= 4 is 31.8 Å². The lowest BCUT2D eigenvalue weighted by molar-refractivity contribution is 0.0607. The monoisotopic (exact) mass is 363 g/mol. The molecule has 1 atom stereocenters. The molecule has 0 radical (unpaired) electrons. The summed E-state index contributed by atoms with van der Waals surface area (Å²) in [5.41, 5.74) is -0.676. The van der Waals surface area contributed by atoms with Crippen LogP contribution >= 0.6 is 15.9 Å². The van der Waals surface area contributed by atoms with Crippen molar-refractivity contribution in [2.75, 3.05) is 13.4 Å². The van der Waals surface area contributed by atoms with Gasteiger partial charge in [0.05, 0.1) is 21.7 Å². The summed E-state index contributed by atoms with van der Waals surface area (Å²) in [6, 6.07) is 4.95. The molecular weight excluding hydrogens is 346 g/mol. The van der Waals surface area contributed by atoms with Gasteiger partial charge >= 0.3 is 6.09 Å². The molecule has 0 saturated heterocycles. The summed E-state index contributed by atoms with van der Waals surface area (Å²) >= 11 is 3.30. The van der Waals surface area contributed by atoms with Gasteiger partial charge < -0.3 is 9.47 Å². The standard InChI is InChI=1S/C13H18BrNO4S/c1-13(2,3)19-12(16)15-20(5,17)11-7-9(14)6-10(8-11)18-4/h6-8H,1-5H3. The molecule has 0 aliphatic heterocycles. The van der Waals surface area contributed by atoms with Gasteiger partial charge in [0.15, 0.2) is 0 Å². The second-order valence-electron chi connectivity index (χ2n) is 5.20. The molecule has 1 aromatic carbocycles. The molecule has 1 unspecified atom stereocenters. The van der Waals surface area contributed by atoms with Gasteiger partial charge in [0.2, 0.25) is 0 Å². The average Bonchev–Trinajstić information content (AvgIpc) is 2.24. The molecule has 5 nitrogen and oxygen atoms in total. The van der Waals surface area contributed by atoms with Crippen LogP contribution in [-0.2, 0) is 14.5 Å². The largest absolute Gasteiger partial charge is 0.497 e. The summed E-state index contributed by atoms with van der Waals surface area (Å²) in [5.74, 6) is 0.531. The Hall–Kier alpha value is -1.08. The quantitative estimate of drug-likeness (QED) is 0.800. The van der Waals surface area contributed by atoms with Crippen LogP contribution in [0.2, 0.25) is 0 Å². The van der Waals surface area contributed by atoms with E-state index in [0.29, 0.717) is 15.1 Å². The van der Waals surface area contributed by atoms with Gasteiger partial charge in [-0.05, 0) is 39.0 Å². The minimum Gasteiger partial charge on any atom is -0.497 e. The average molecular weight is 364 g/mol. The fourth-order valence-corrected chi connectivity index (χ4v) is 3.08. The Morgan fingerprint density at radius 2 is 1.90 bits per heavy atom. The van der Waals surface area contributed by atoms with Crippen LogP contribution in [-0.4, -0.2) is 29.3 Å². The van der Waals surface area contributed by atoms with Gasteiger partial charge in [0, 0.05) is 10.7 Å². The van der Waals surface area contributed by atoms with Crippen molar-refractivity contribution in [3.8, 4) is 5.75 Å². The van der Waals surface area contributed by atoms with Crippen LogP contribution in [0.5, 0.6) is 5.75 Å². The number of ether oxygens (including phenoxy) is 2. The fourth-order valence-electron chi connectivity index (χ4n) is 1.35. The summed E-state index contributed by atoms with van der Waals surface area (Å²) in [6.07, 6.45) is 0.543. The number of rotatable bonds is 2. The normalized spacial score (nSPS) is 14.3. The highest BCUT2D eigenvalue weighted by atomic mass is 79.9. The van der Waals surface area contributed by atoms with Gasteiger partial charge in [-0.2, -0.15) is 0 Å². The van der Waals surface area contributed by atoms with Crippen LogP contribution in [0, 0.1) is 0 Å². The molecule has 0 aromatic heterocycles. The van der Waals surface area contributed by atoms with Crippen LogP contribution < -0.4 is 4.74 Å². The van der Waals surface area contributed by atoms with Crippen LogP contribution in [0.1, 0.15) is 20.8 Å². The molecule has 0 saturated carbocycles. The lowest BCUT2D eigenvalue weighted by Crippen LogP contribution is -2.22. The number of hydrogen-bond acceptors (Lipinski definition) is 4. The number of amides is 1. The van der Waals surface area contributed by atoms with Crippen molar-refractivity contribution in [3.05, 3.63) is 22.7 Å². The Morgan fingerprint density at radius 3 is 2.40 bits per heavy atom. The lowest BCUT2D eigenvalue weighted by atomic mass is 10.2. The van der Waals surface area contributed by atoms with Gasteiger partial charge in [-0.25, -0.2) is 9.00 Å². The van der Waals surface area contributed by atoms with E-state index in [2.05, 4.69) is 20.3 Å². The van der Waals surface area contributed by atoms with E-state index in [1.807, 2.05) is 0 Å². The van der Waals surface area contributed by atoms with E-state index in [9.17, 15) is 9.00 Å². The molecule has 1 rings (SSSR count). The number of halogens is 1. The minimum atomic E-state index is -2.90. The first-order valence-electron chi connectivity index (χ1n) is 5.83. The molecule has 0 spiro atoms. The first kappa shape index (κ1) is 17.0. The zero-order valence-electron chi connectivity index (χ0n) is 12.1. The van der Waals surface area contributed by atoms with Crippen molar-refractivity contribution in [2.45, 2.75) is 31.3 Å². The van der Waals surface area contributed by atoms with Gasteiger partial charge in [-0.1, -0.05) is 15.9 Å². The first-order chi connectivity index (χ1) is 9.03. The smallest absolute Gasteiger partial charge is 0.442 e. The van der Waals surface area contributed by atoms with Crippen molar-refractivity contribution in [2.24, 2.45) is 4.36 Å². The first-order valence-corrected chi connectivity index (χ1v) is 8.55. The highest BCUT2D eigenvalue weighted by Crippen LogP contribution is 2.25. The predicted octanol–water partition coefficient (Wildman–Crippen LogP) is 3.85. The fraction of sp³-hybridized carbons (Fsp3) is 0.462. The molecule has 0 heterocycles. The van der Waals surface area contributed by atoms with E-state index in [1.165, 1.54) is 13.4 Å². The summed E-state index contributed by atoms with van der Waals surface area (Å²) in [6.45, 7) is 5.17. The summed E-state index contributed by atoms with van der Waals surface area (Å²) in [7, 11) is -1.39. The molecule has 0 N–H and O–H groups in total. The third-order valence-electron chi connectivity index (χ3n) is 2.16. The Kier molecular flexibility index (Phi) is 5.21. The second-order valence-corrected chi connectivity index (χ2v) is 8.38. The Bertz CT molecular complexity index is 628. The van der Waals surface area contributed by atoms with Crippen LogP contribution in [0.4, 0.5) is 4.79 Å². The van der Waals surface area contributed by atoms with Crippen molar-refractivity contribution < 1.29 is 18.5 Å². The van der Waals surface area contributed by atoms with E-state index < -0.39 is 21.4 Å². The van der Waals surface area contributed by atoms with Crippen LogP contribution in [0.3, 0.4) is 0 Å². The van der Waals surface area contributed by atoms with Crippen molar-refractivity contribution in [3.63, 3.8) is 0 Å². The maximum Gasteiger partial charge on any atom is 0.442 e. The summed E-state index contributed by atoms with van der Waals surface area (Å²) < 4.78 is 27.1. The SMILES string of the molecule is COc1cc(Br)cc(S(C)(=O)=NC(=O)OC(C)(C)C)c1. The van der Waals surface area contributed by atoms with E-state index in [0.717, 1.165) is 0 Å². The zero-order valence-corrected chi connectivity index (χ0v) is 14.5. The van der Waals surface area contributed by atoms with Crippen molar-refractivity contribution in [1.82, 2.24) is 0 Å². The number of benzene rings is 1. The van der Waals surface area contributed by atoms with E-state index in [4.69, 9.17) is 9.47 Å². The zero-order chi connectivity index (χ0) is 15.6. The van der Waals surface area contributed by atoms with Gasteiger partial charge in [0.1, 0.15) is 11.4 Å². The highest BCUT2D eigenvalue weighted by molar-refractivity contribution is 9.10. The molecule has 0 aliphatic carbocycles. The van der Waals surface area contributed by atoms with Gasteiger partial charge in [-0.3, -0.25) is 0 Å². The Labute approximate surface area is 128 Å². The maximum absolute atomic E-state index is 12.6. The second kappa shape index (κ2) is 6.13. The van der Waals surface area contributed by atoms with Crippen molar-refractivity contribution in [1.29, 1.82) is 0 Å². The topological polar surface area (TPSA) is 65.0 Å². The number of carbonyl (C=O) groups excluding carboxylic acids is 1. The molecule has 0 aliphatic rings. The molecule has 1 amide bonds. The van der Waals surface area contributed by atoms with Crippen LogP contribution in [0.25, 0.3) is 0 Å². The van der Waals surface area contributed by atoms with Crippen LogP contribution in [0.15, 0.2) is 31.9 Å². The molecular formula is C13H18BrNO4S. The number of hydrogen-bond donors (Lipinski definition) is 0. The maximum atomic E-state index is 12.6. The lowest BCUT2D eigenvalue weighted by Gasteiger charge is -2.17. The molecule has 112 valence electrons. The number of methoxy groups -OCH3 is 1. The number of nitrogens with zero attached hydrogens (tertiary/aromatic N) is 1. The molecule has 0 bridgehead atoms. The molecule has 7 heteroatoms. The number of carbonyl (C=O) groups is 1. The predicted molar refractivity (Wildman–Crippen MR) is 81.7 cm³/mol. The van der Waals surface area contributed by atoms with Gasteiger partial charge in [0.25, 0.3) is 0 Å². The summed E-state index contributed by atoms with van der Waals surface area (Å²) in [4.78, 5) is 12.1. The molecule has 20 heavy (non-hydrogen) atoms. The Morgan fingerprint density at radius 1 is 1.30 bits per heavy atom. The third-order valence-corrected chi connectivity index (χ3v) is 4.23. The minimum absolute atomic E-state index is 0.398. The van der Waals surface area contributed by atoms with E-state index in [1.54, 1.807) is 39.0 Å². The highest BCUT2D eigenvalue weighted by Gasteiger charge is 2.18.